The maximum Gasteiger partial charge on any atom is 0.335 e. The molecule has 0 fully saturated rings. The number of carbonyl (C=O) groups excluding carboxylic acids is 1. The summed E-state index contributed by atoms with van der Waals surface area (Å²) in [5, 5.41) is 0. The number of urea groups is 1. The number of ether oxygens (including phenoxy) is 1. The van der Waals surface area contributed by atoms with E-state index in [0.717, 1.165) is 23.4 Å². The average molecular weight is 223 g/mol. The molecule has 88 valence electrons. The van der Waals surface area contributed by atoms with Gasteiger partial charge in [-0.15, -0.1) is 0 Å². The van der Waals surface area contributed by atoms with Crippen molar-refractivity contribution in [1.82, 2.24) is 5.43 Å². The first-order chi connectivity index (χ1) is 7.63. The summed E-state index contributed by atoms with van der Waals surface area (Å²) in [5.41, 5.74) is 3.92. The van der Waals surface area contributed by atoms with E-state index in [1.54, 1.807) is 14.2 Å². The molecule has 0 heterocycles. The zero-order valence-electron chi connectivity index (χ0n) is 9.78. The lowest BCUT2D eigenvalue weighted by Crippen LogP contribution is -2.41. The number of nitrogens with two attached hydrogens (primary N) is 1. The number of benzene rings is 1. The normalized spacial score (nSPS) is 9.75. The van der Waals surface area contributed by atoms with Gasteiger partial charge in [0.2, 0.25) is 0 Å². The highest BCUT2D eigenvalue weighted by Crippen LogP contribution is 2.24. The van der Waals surface area contributed by atoms with Gasteiger partial charge >= 0.3 is 6.03 Å². The van der Waals surface area contributed by atoms with Crippen LogP contribution in [-0.2, 0) is 6.42 Å². The van der Waals surface area contributed by atoms with Crippen molar-refractivity contribution < 1.29 is 9.53 Å². The number of methoxy groups -OCH3 is 1. The number of hydrogen-bond donors (Lipinski definition) is 2. The van der Waals surface area contributed by atoms with Gasteiger partial charge in [-0.05, 0) is 30.2 Å². The van der Waals surface area contributed by atoms with Crippen molar-refractivity contribution in [3.8, 4) is 5.75 Å². The second-order valence-electron chi connectivity index (χ2n) is 3.36. The first-order valence-electron chi connectivity index (χ1n) is 5.05. The molecule has 3 N–H and O–H groups in total. The molecule has 0 aliphatic heterocycles. The van der Waals surface area contributed by atoms with Gasteiger partial charge in [0.15, 0.2) is 0 Å². The molecular weight excluding hydrogens is 206 g/mol. The molecule has 1 aromatic rings. The maximum absolute atomic E-state index is 11.3. The highest BCUT2D eigenvalue weighted by atomic mass is 16.5. The molecule has 0 radical (unpaired) electrons. The van der Waals surface area contributed by atoms with Gasteiger partial charge < -0.3 is 4.74 Å². The molecule has 0 atom stereocenters. The molecule has 5 heteroatoms. The number of carbonyl (C=O) groups is 1. The van der Waals surface area contributed by atoms with Gasteiger partial charge in [0.25, 0.3) is 0 Å². The van der Waals surface area contributed by atoms with Crippen molar-refractivity contribution in [2.45, 2.75) is 13.3 Å². The van der Waals surface area contributed by atoms with E-state index in [-0.39, 0.29) is 6.03 Å². The minimum Gasteiger partial charge on any atom is -0.496 e. The van der Waals surface area contributed by atoms with Crippen molar-refractivity contribution >= 4 is 11.7 Å². The van der Waals surface area contributed by atoms with Crippen LogP contribution in [0.15, 0.2) is 18.2 Å². The Labute approximate surface area is 95.2 Å². The molecule has 0 aliphatic rings. The Balaban J connectivity index is 3.03. The van der Waals surface area contributed by atoms with Crippen LogP contribution in [0.1, 0.15) is 12.5 Å². The van der Waals surface area contributed by atoms with Crippen LogP contribution in [0.4, 0.5) is 10.5 Å². The highest BCUT2D eigenvalue weighted by molar-refractivity contribution is 5.91. The van der Waals surface area contributed by atoms with E-state index in [4.69, 9.17) is 10.6 Å². The van der Waals surface area contributed by atoms with Crippen molar-refractivity contribution in [2.75, 3.05) is 19.1 Å². The quantitative estimate of drug-likeness (QED) is 0.461. The van der Waals surface area contributed by atoms with E-state index in [2.05, 4.69) is 5.43 Å². The molecule has 1 aromatic carbocycles. The van der Waals surface area contributed by atoms with Crippen LogP contribution in [0.2, 0.25) is 0 Å². The van der Waals surface area contributed by atoms with E-state index in [1.807, 2.05) is 25.1 Å². The zero-order chi connectivity index (χ0) is 12.1. The summed E-state index contributed by atoms with van der Waals surface area (Å²) in [4.78, 5) is 12.8. The Morgan fingerprint density at radius 3 is 2.75 bits per heavy atom. The lowest BCUT2D eigenvalue weighted by molar-refractivity contribution is 0.247. The van der Waals surface area contributed by atoms with E-state index in [0.29, 0.717) is 0 Å². The molecule has 0 bridgehead atoms. The summed E-state index contributed by atoms with van der Waals surface area (Å²) in [6.45, 7) is 2.03. The molecule has 0 saturated carbocycles. The second kappa shape index (κ2) is 5.37. The Morgan fingerprint density at radius 1 is 1.56 bits per heavy atom. The summed E-state index contributed by atoms with van der Waals surface area (Å²) in [6, 6.07) is 5.21. The number of amides is 2. The Kier molecular flexibility index (Phi) is 4.13. The monoisotopic (exact) mass is 223 g/mol. The fourth-order valence-electron chi connectivity index (χ4n) is 1.46. The van der Waals surface area contributed by atoms with Crippen LogP contribution >= 0.6 is 0 Å². The summed E-state index contributed by atoms with van der Waals surface area (Å²) in [6.07, 6.45) is 0.842. The maximum atomic E-state index is 11.3. The van der Waals surface area contributed by atoms with Gasteiger partial charge in [-0.1, -0.05) is 6.92 Å². The Bertz CT molecular complexity index is 379. The third-order valence-electron chi connectivity index (χ3n) is 2.46. The SMILES string of the molecule is CCc1cc(N(C)C(=O)NN)ccc1OC. The molecule has 0 spiro atoms. The first kappa shape index (κ1) is 12.3. The number of nitrogens with one attached hydrogen (secondary N) is 1. The summed E-state index contributed by atoms with van der Waals surface area (Å²) in [5.74, 6) is 5.90. The summed E-state index contributed by atoms with van der Waals surface area (Å²) >= 11 is 0. The number of hydrogen-bond acceptors (Lipinski definition) is 3. The number of aryl methyl sites for hydroxylation is 1. The van der Waals surface area contributed by atoms with Gasteiger partial charge in [0.05, 0.1) is 7.11 Å². The smallest absolute Gasteiger partial charge is 0.335 e. The molecule has 16 heavy (non-hydrogen) atoms. The fraction of sp³-hybridized carbons (Fsp3) is 0.364. The fourth-order valence-corrected chi connectivity index (χ4v) is 1.46. The first-order valence-corrected chi connectivity index (χ1v) is 5.05. The van der Waals surface area contributed by atoms with Crippen molar-refractivity contribution in [3.05, 3.63) is 23.8 Å². The van der Waals surface area contributed by atoms with E-state index >= 15 is 0 Å². The Hall–Kier alpha value is -1.75. The zero-order valence-corrected chi connectivity index (χ0v) is 9.78. The summed E-state index contributed by atoms with van der Waals surface area (Å²) < 4.78 is 5.21. The standard InChI is InChI=1S/C11H17N3O2/c1-4-8-7-9(5-6-10(8)16-3)14(2)11(15)13-12/h5-7H,4,12H2,1-3H3,(H,13,15). The highest BCUT2D eigenvalue weighted by Gasteiger charge is 2.11. The third-order valence-corrected chi connectivity index (χ3v) is 2.46. The van der Waals surface area contributed by atoms with Crippen LogP contribution < -0.4 is 20.9 Å². The van der Waals surface area contributed by atoms with Crippen LogP contribution in [0, 0.1) is 0 Å². The van der Waals surface area contributed by atoms with E-state index in [9.17, 15) is 4.79 Å². The van der Waals surface area contributed by atoms with Crippen molar-refractivity contribution in [1.29, 1.82) is 0 Å². The number of nitrogens with zero attached hydrogens (tertiary/aromatic N) is 1. The predicted molar refractivity (Wildman–Crippen MR) is 63.5 cm³/mol. The van der Waals surface area contributed by atoms with Crippen LogP contribution in [-0.4, -0.2) is 20.2 Å². The molecule has 0 aliphatic carbocycles. The summed E-state index contributed by atoms with van der Waals surface area (Å²) in [7, 11) is 3.29. The third kappa shape index (κ3) is 2.43. The average Bonchev–Trinajstić information content (AvgIpc) is 2.35. The lowest BCUT2D eigenvalue weighted by Gasteiger charge is -2.18. The second-order valence-corrected chi connectivity index (χ2v) is 3.36. The van der Waals surface area contributed by atoms with E-state index in [1.165, 1.54) is 4.90 Å². The number of anilines is 1. The molecule has 2 amide bonds. The van der Waals surface area contributed by atoms with Crippen LogP contribution in [0.5, 0.6) is 5.75 Å². The predicted octanol–water partition coefficient (Wildman–Crippen LogP) is 1.28. The van der Waals surface area contributed by atoms with Crippen molar-refractivity contribution in [2.24, 2.45) is 5.84 Å². The molecule has 1 rings (SSSR count). The van der Waals surface area contributed by atoms with Gasteiger partial charge in [-0.3, -0.25) is 10.3 Å². The van der Waals surface area contributed by atoms with Crippen LogP contribution in [0.3, 0.4) is 0 Å². The van der Waals surface area contributed by atoms with Crippen LogP contribution in [0.25, 0.3) is 0 Å². The molecular formula is C11H17N3O2. The Morgan fingerprint density at radius 2 is 2.25 bits per heavy atom. The van der Waals surface area contributed by atoms with E-state index < -0.39 is 0 Å². The van der Waals surface area contributed by atoms with Gasteiger partial charge in [0.1, 0.15) is 5.75 Å². The molecule has 0 saturated heterocycles. The topological polar surface area (TPSA) is 67.6 Å². The molecule has 0 aromatic heterocycles. The van der Waals surface area contributed by atoms with Crippen molar-refractivity contribution in [3.63, 3.8) is 0 Å². The number of rotatable bonds is 3. The van der Waals surface area contributed by atoms with Gasteiger partial charge in [-0.25, -0.2) is 10.6 Å². The molecule has 0 unspecified atom stereocenters. The van der Waals surface area contributed by atoms with Gasteiger partial charge in [0, 0.05) is 12.7 Å². The number of hydrazine groups is 1. The minimum absolute atomic E-state index is 0.354. The molecule has 5 nitrogen and oxygen atoms in total. The van der Waals surface area contributed by atoms with Gasteiger partial charge in [-0.2, -0.15) is 0 Å². The largest absolute Gasteiger partial charge is 0.496 e. The lowest BCUT2D eigenvalue weighted by atomic mass is 10.1. The minimum atomic E-state index is -0.354.